The number of aromatic nitrogens is 6. The van der Waals surface area contributed by atoms with Gasteiger partial charge in [0.2, 0.25) is 0 Å². The van der Waals surface area contributed by atoms with Crippen molar-refractivity contribution < 1.29 is 0 Å². The highest BCUT2D eigenvalue weighted by molar-refractivity contribution is 5.48. The number of rotatable bonds is 3. The van der Waals surface area contributed by atoms with Gasteiger partial charge in [0.25, 0.3) is 0 Å². The van der Waals surface area contributed by atoms with E-state index in [0.717, 1.165) is 43.3 Å². The molecule has 1 aliphatic heterocycles. The summed E-state index contributed by atoms with van der Waals surface area (Å²) >= 11 is 0. The van der Waals surface area contributed by atoms with E-state index < -0.39 is 0 Å². The van der Waals surface area contributed by atoms with Crippen LogP contribution in [-0.4, -0.2) is 29.5 Å². The number of hydrogen-bond acceptors (Lipinski definition) is 4. The molecule has 4 heterocycles. The first kappa shape index (κ1) is 13.2. The fraction of sp³-hybridized carbons (Fsp3) is 0.375. The zero-order valence-electron chi connectivity index (χ0n) is 12.6. The molecular formula is C16H18N6. The van der Waals surface area contributed by atoms with Gasteiger partial charge in [-0.2, -0.15) is 5.10 Å². The van der Waals surface area contributed by atoms with Gasteiger partial charge in [0.1, 0.15) is 11.5 Å². The molecule has 0 N–H and O–H groups in total. The molecule has 6 heteroatoms. The fourth-order valence-corrected chi connectivity index (χ4v) is 3.08. The minimum atomic E-state index is 0.397. The van der Waals surface area contributed by atoms with Crippen LogP contribution >= 0.6 is 0 Å². The quantitative estimate of drug-likeness (QED) is 0.743. The molecule has 6 nitrogen and oxygen atoms in total. The van der Waals surface area contributed by atoms with Gasteiger partial charge in [0.15, 0.2) is 5.82 Å². The Bertz CT molecular complexity index is 773. The average Bonchev–Trinajstić information content (AvgIpc) is 3.21. The van der Waals surface area contributed by atoms with E-state index >= 15 is 0 Å². The van der Waals surface area contributed by atoms with Gasteiger partial charge < -0.3 is 0 Å². The van der Waals surface area contributed by atoms with E-state index in [1.54, 1.807) is 6.20 Å². The van der Waals surface area contributed by atoms with E-state index in [-0.39, 0.29) is 0 Å². The molecule has 1 aliphatic rings. The zero-order valence-corrected chi connectivity index (χ0v) is 12.6. The van der Waals surface area contributed by atoms with Crippen LogP contribution in [0.2, 0.25) is 0 Å². The molecule has 0 fully saturated rings. The summed E-state index contributed by atoms with van der Waals surface area (Å²) in [6.45, 7) is 3.88. The van der Waals surface area contributed by atoms with Crippen molar-refractivity contribution in [3.8, 4) is 11.5 Å². The van der Waals surface area contributed by atoms with Crippen LogP contribution in [0.25, 0.3) is 11.5 Å². The largest absolute Gasteiger partial charge is 0.270 e. The molecule has 0 radical (unpaired) electrons. The molecule has 3 aromatic rings. The Morgan fingerprint density at radius 3 is 3.00 bits per heavy atom. The summed E-state index contributed by atoms with van der Waals surface area (Å²) in [5.41, 5.74) is 2.11. The van der Waals surface area contributed by atoms with Crippen LogP contribution in [0.4, 0.5) is 0 Å². The molecule has 0 amide bonds. The van der Waals surface area contributed by atoms with Gasteiger partial charge >= 0.3 is 0 Å². The van der Waals surface area contributed by atoms with Crippen molar-refractivity contribution in [2.24, 2.45) is 0 Å². The van der Waals surface area contributed by atoms with Crippen LogP contribution in [0.1, 0.15) is 30.8 Å². The van der Waals surface area contributed by atoms with Crippen LogP contribution in [0.15, 0.2) is 36.7 Å². The maximum absolute atomic E-state index is 4.79. The third-order valence-corrected chi connectivity index (χ3v) is 4.21. The highest BCUT2D eigenvalue weighted by atomic mass is 15.4. The number of hydrogen-bond donors (Lipinski definition) is 0. The van der Waals surface area contributed by atoms with Crippen molar-refractivity contribution in [2.75, 3.05) is 0 Å². The fourth-order valence-electron chi connectivity index (χ4n) is 3.08. The Morgan fingerprint density at radius 2 is 2.18 bits per heavy atom. The number of nitrogens with zero attached hydrogens (tertiary/aromatic N) is 6. The van der Waals surface area contributed by atoms with Crippen LogP contribution in [0.3, 0.4) is 0 Å². The van der Waals surface area contributed by atoms with Gasteiger partial charge in [-0.1, -0.05) is 6.07 Å². The highest BCUT2D eigenvalue weighted by Crippen LogP contribution is 2.29. The Kier molecular flexibility index (Phi) is 3.21. The predicted octanol–water partition coefficient (Wildman–Crippen LogP) is 2.29. The SMILES string of the molecule is CCn1nc(-c2ccccn2)nc1C1CCn2nccc2C1. The van der Waals surface area contributed by atoms with E-state index in [1.165, 1.54) is 5.69 Å². The maximum atomic E-state index is 4.79. The van der Waals surface area contributed by atoms with Crippen LogP contribution in [0.5, 0.6) is 0 Å². The van der Waals surface area contributed by atoms with Crippen LogP contribution in [0, 0.1) is 0 Å². The van der Waals surface area contributed by atoms with Gasteiger partial charge in [0, 0.05) is 37.1 Å². The summed E-state index contributed by atoms with van der Waals surface area (Å²) in [6, 6.07) is 7.92. The molecule has 0 aromatic carbocycles. The third-order valence-electron chi connectivity index (χ3n) is 4.21. The van der Waals surface area contributed by atoms with E-state index in [1.807, 2.05) is 29.1 Å². The molecule has 0 bridgehead atoms. The highest BCUT2D eigenvalue weighted by Gasteiger charge is 2.25. The second-order valence-electron chi connectivity index (χ2n) is 5.56. The molecule has 0 saturated heterocycles. The van der Waals surface area contributed by atoms with Gasteiger partial charge in [-0.05, 0) is 38.0 Å². The summed E-state index contributed by atoms with van der Waals surface area (Å²) in [4.78, 5) is 9.15. The van der Waals surface area contributed by atoms with Crippen molar-refractivity contribution in [2.45, 2.75) is 38.8 Å². The Balaban J connectivity index is 1.69. The second-order valence-corrected chi connectivity index (χ2v) is 5.56. The van der Waals surface area contributed by atoms with Gasteiger partial charge in [0.05, 0.1) is 0 Å². The van der Waals surface area contributed by atoms with Crippen molar-refractivity contribution in [1.29, 1.82) is 0 Å². The molecule has 1 unspecified atom stereocenters. The summed E-state index contributed by atoms with van der Waals surface area (Å²) in [5.74, 6) is 2.18. The van der Waals surface area contributed by atoms with E-state index in [4.69, 9.17) is 4.98 Å². The summed E-state index contributed by atoms with van der Waals surface area (Å²) in [6.07, 6.45) is 5.68. The smallest absolute Gasteiger partial charge is 0.200 e. The Labute approximate surface area is 128 Å². The van der Waals surface area contributed by atoms with Crippen LogP contribution < -0.4 is 0 Å². The minimum absolute atomic E-state index is 0.397. The normalized spacial score (nSPS) is 17.4. The summed E-state index contributed by atoms with van der Waals surface area (Å²) in [7, 11) is 0. The molecule has 3 aromatic heterocycles. The molecule has 4 rings (SSSR count). The van der Waals surface area contributed by atoms with Gasteiger partial charge in [-0.15, -0.1) is 5.10 Å². The van der Waals surface area contributed by atoms with E-state index in [2.05, 4.69) is 32.9 Å². The van der Waals surface area contributed by atoms with Crippen molar-refractivity contribution in [3.05, 3.63) is 48.2 Å². The number of aryl methyl sites for hydroxylation is 2. The Morgan fingerprint density at radius 1 is 1.23 bits per heavy atom. The lowest BCUT2D eigenvalue weighted by Gasteiger charge is -2.22. The third kappa shape index (κ3) is 2.20. The molecule has 0 aliphatic carbocycles. The molecular weight excluding hydrogens is 276 g/mol. The molecule has 1 atom stereocenters. The standard InChI is InChI=1S/C16H18N6/c1-2-21-16(12-7-10-22-13(11-12)6-9-18-22)19-15(20-21)14-5-3-4-8-17-14/h3-6,8-9,12H,2,7,10-11H2,1H3. The minimum Gasteiger partial charge on any atom is -0.270 e. The lowest BCUT2D eigenvalue weighted by molar-refractivity contribution is 0.412. The second kappa shape index (κ2) is 5.36. The maximum Gasteiger partial charge on any atom is 0.200 e. The predicted molar refractivity (Wildman–Crippen MR) is 82.2 cm³/mol. The molecule has 22 heavy (non-hydrogen) atoms. The van der Waals surface area contributed by atoms with E-state index in [9.17, 15) is 0 Å². The lowest BCUT2D eigenvalue weighted by atomic mass is 9.95. The molecule has 0 saturated carbocycles. The first-order valence-electron chi connectivity index (χ1n) is 7.72. The van der Waals surface area contributed by atoms with Gasteiger partial charge in [-0.3, -0.25) is 9.67 Å². The number of fused-ring (bicyclic) bond motifs is 1. The van der Waals surface area contributed by atoms with Gasteiger partial charge in [-0.25, -0.2) is 9.67 Å². The van der Waals surface area contributed by atoms with E-state index in [0.29, 0.717) is 5.92 Å². The zero-order chi connectivity index (χ0) is 14.9. The molecule has 0 spiro atoms. The topological polar surface area (TPSA) is 61.4 Å². The van der Waals surface area contributed by atoms with Crippen molar-refractivity contribution in [3.63, 3.8) is 0 Å². The summed E-state index contributed by atoms with van der Waals surface area (Å²) < 4.78 is 4.10. The first-order chi connectivity index (χ1) is 10.8. The number of pyridine rings is 1. The Hall–Kier alpha value is -2.50. The summed E-state index contributed by atoms with van der Waals surface area (Å²) in [5, 5.41) is 8.98. The first-order valence-corrected chi connectivity index (χ1v) is 7.72. The van der Waals surface area contributed by atoms with Crippen molar-refractivity contribution in [1.82, 2.24) is 29.5 Å². The lowest BCUT2D eigenvalue weighted by Crippen LogP contribution is -2.21. The average molecular weight is 294 g/mol. The monoisotopic (exact) mass is 294 g/mol. The molecule has 112 valence electrons. The van der Waals surface area contributed by atoms with Crippen molar-refractivity contribution >= 4 is 0 Å². The van der Waals surface area contributed by atoms with Crippen LogP contribution in [-0.2, 0) is 19.5 Å².